The number of hydrogen-bond donors (Lipinski definition) is 0. The molecule has 3 aromatic rings. The lowest BCUT2D eigenvalue weighted by Gasteiger charge is -2.27. The molecule has 1 fully saturated rings. The Balaban J connectivity index is 1.68. The summed E-state index contributed by atoms with van der Waals surface area (Å²) < 4.78 is 46.5. The van der Waals surface area contributed by atoms with Gasteiger partial charge in [-0.3, -0.25) is 9.59 Å². The molecule has 1 heterocycles. The monoisotopic (exact) mass is 510 g/mol. The maximum atomic E-state index is 13.6. The van der Waals surface area contributed by atoms with Crippen molar-refractivity contribution in [3.05, 3.63) is 95.8 Å². The summed E-state index contributed by atoms with van der Waals surface area (Å²) in [7, 11) is -4.28. The van der Waals surface area contributed by atoms with E-state index in [2.05, 4.69) is 0 Å². The Bertz CT molecular complexity index is 1380. The number of carbonyl (C=O) groups is 3. The summed E-state index contributed by atoms with van der Waals surface area (Å²) in [5.74, 6) is -2.44. The Morgan fingerprint density at radius 2 is 1.64 bits per heavy atom. The van der Waals surface area contributed by atoms with Crippen LogP contribution in [0.3, 0.4) is 0 Å². The van der Waals surface area contributed by atoms with Gasteiger partial charge in [-0.1, -0.05) is 30.3 Å². The molecule has 1 unspecified atom stereocenters. The number of halogens is 1. The molecule has 0 aromatic heterocycles. The molecule has 0 saturated carbocycles. The summed E-state index contributed by atoms with van der Waals surface area (Å²) in [6.07, 6.45) is -0.369. The van der Waals surface area contributed by atoms with Crippen molar-refractivity contribution in [2.75, 3.05) is 11.5 Å². The first-order chi connectivity index (χ1) is 17.2. The summed E-state index contributed by atoms with van der Waals surface area (Å²) in [6, 6.07) is 17.3. The Hall–Kier alpha value is -3.89. The van der Waals surface area contributed by atoms with Crippen LogP contribution in [-0.4, -0.2) is 43.2 Å². The van der Waals surface area contributed by atoms with E-state index < -0.39 is 39.7 Å². The van der Waals surface area contributed by atoms with Gasteiger partial charge in [0.1, 0.15) is 11.9 Å². The Morgan fingerprint density at radius 1 is 1.00 bits per heavy atom. The van der Waals surface area contributed by atoms with Crippen LogP contribution in [0.15, 0.2) is 83.8 Å². The molecule has 2 amide bonds. The molecule has 186 valence electrons. The summed E-state index contributed by atoms with van der Waals surface area (Å²) in [5, 5.41) is 0. The molecule has 0 aliphatic carbocycles. The Morgan fingerprint density at radius 3 is 2.25 bits per heavy atom. The van der Waals surface area contributed by atoms with Crippen LogP contribution in [0, 0.1) is 5.82 Å². The zero-order valence-corrected chi connectivity index (χ0v) is 20.2. The van der Waals surface area contributed by atoms with Crippen LogP contribution in [0.2, 0.25) is 0 Å². The number of esters is 1. The predicted octanol–water partition coefficient (Wildman–Crippen LogP) is 3.53. The second-order valence-corrected chi connectivity index (χ2v) is 9.93. The van der Waals surface area contributed by atoms with Crippen LogP contribution in [0.1, 0.15) is 29.3 Å². The maximum Gasteiger partial charge on any atom is 0.338 e. The molecule has 10 heteroatoms. The fourth-order valence-corrected chi connectivity index (χ4v) is 5.51. The lowest BCUT2D eigenvalue weighted by atomic mass is 10.2. The fourth-order valence-electron chi connectivity index (χ4n) is 3.94. The molecule has 0 spiro atoms. The summed E-state index contributed by atoms with van der Waals surface area (Å²) in [4.78, 5) is 39.0. The third-order valence-electron chi connectivity index (χ3n) is 5.71. The van der Waals surface area contributed by atoms with Crippen LogP contribution in [-0.2, 0) is 30.9 Å². The number of imide groups is 1. The largest absolute Gasteiger partial charge is 0.462 e. The van der Waals surface area contributed by atoms with E-state index in [1.54, 1.807) is 37.3 Å². The first-order valence-electron chi connectivity index (χ1n) is 11.2. The second kappa shape index (κ2) is 10.4. The van der Waals surface area contributed by atoms with Crippen LogP contribution >= 0.6 is 0 Å². The highest BCUT2D eigenvalue weighted by Gasteiger charge is 2.47. The number of hydrogen-bond acceptors (Lipinski definition) is 6. The number of carbonyl (C=O) groups excluding carboxylic acids is 3. The highest BCUT2D eigenvalue weighted by molar-refractivity contribution is 7.89. The number of benzene rings is 3. The number of sulfonamides is 1. The number of anilines is 1. The number of ether oxygens (including phenoxy) is 1. The smallest absolute Gasteiger partial charge is 0.338 e. The van der Waals surface area contributed by atoms with Gasteiger partial charge in [0.05, 0.1) is 29.2 Å². The highest BCUT2D eigenvalue weighted by Crippen LogP contribution is 2.31. The van der Waals surface area contributed by atoms with E-state index in [4.69, 9.17) is 4.74 Å². The van der Waals surface area contributed by atoms with Crippen molar-refractivity contribution in [3.8, 4) is 0 Å². The van der Waals surface area contributed by atoms with E-state index in [1.807, 2.05) is 0 Å². The minimum absolute atomic E-state index is 0.167. The van der Waals surface area contributed by atoms with E-state index in [0.717, 1.165) is 33.5 Å². The van der Waals surface area contributed by atoms with Gasteiger partial charge >= 0.3 is 5.97 Å². The zero-order valence-electron chi connectivity index (χ0n) is 19.3. The molecular formula is C26H23FN2O6S. The first kappa shape index (κ1) is 25.2. The molecule has 1 aliphatic heterocycles. The molecule has 8 nitrogen and oxygen atoms in total. The van der Waals surface area contributed by atoms with Gasteiger partial charge in [-0.15, -0.1) is 0 Å². The van der Waals surface area contributed by atoms with Gasteiger partial charge in [0.15, 0.2) is 0 Å². The zero-order chi connectivity index (χ0) is 25.9. The normalized spacial score (nSPS) is 16.0. The molecule has 3 aromatic carbocycles. The van der Waals surface area contributed by atoms with Crippen LogP contribution in [0.4, 0.5) is 10.1 Å². The summed E-state index contributed by atoms with van der Waals surface area (Å²) in [5.41, 5.74) is 1.07. The van der Waals surface area contributed by atoms with Crippen LogP contribution in [0.5, 0.6) is 0 Å². The van der Waals surface area contributed by atoms with Gasteiger partial charge in [-0.25, -0.2) is 22.5 Å². The Kier molecular flexibility index (Phi) is 7.27. The number of rotatable bonds is 8. The fraction of sp³-hybridized carbons (Fsp3) is 0.192. The van der Waals surface area contributed by atoms with Crippen molar-refractivity contribution in [1.29, 1.82) is 0 Å². The molecule has 0 radical (unpaired) electrons. The van der Waals surface area contributed by atoms with E-state index in [1.165, 1.54) is 24.3 Å². The van der Waals surface area contributed by atoms with Crippen molar-refractivity contribution in [2.24, 2.45) is 0 Å². The molecule has 1 atom stereocenters. The van der Waals surface area contributed by atoms with Gasteiger partial charge in [-0.05, 0) is 61.0 Å². The van der Waals surface area contributed by atoms with Crippen LogP contribution in [0.25, 0.3) is 0 Å². The lowest BCUT2D eigenvalue weighted by molar-refractivity contribution is -0.122. The van der Waals surface area contributed by atoms with Crippen molar-refractivity contribution >= 4 is 33.5 Å². The third-order valence-corrected chi connectivity index (χ3v) is 7.58. The van der Waals surface area contributed by atoms with E-state index >= 15 is 0 Å². The maximum absolute atomic E-state index is 13.6. The van der Waals surface area contributed by atoms with E-state index in [-0.39, 0.29) is 35.7 Å². The SMILES string of the molecule is CCOC(=O)c1ccc(N2C(=O)CC(N(Cc3ccccc3)S(=O)(=O)c3ccc(F)cc3)C2=O)cc1. The van der Waals surface area contributed by atoms with Gasteiger partial charge in [0.2, 0.25) is 15.9 Å². The number of nitrogens with zero attached hydrogens (tertiary/aromatic N) is 2. The van der Waals surface area contributed by atoms with E-state index in [0.29, 0.717) is 5.56 Å². The first-order valence-corrected chi connectivity index (χ1v) is 12.6. The molecule has 1 saturated heterocycles. The van der Waals surface area contributed by atoms with Crippen molar-refractivity contribution < 1.29 is 31.9 Å². The summed E-state index contributed by atoms with van der Waals surface area (Å²) in [6.45, 7) is 1.71. The van der Waals surface area contributed by atoms with Gasteiger partial charge in [0.25, 0.3) is 5.91 Å². The van der Waals surface area contributed by atoms with Crippen molar-refractivity contribution in [2.45, 2.75) is 30.8 Å². The topological polar surface area (TPSA) is 101 Å². The molecule has 0 N–H and O–H groups in total. The quantitative estimate of drug-likeness (QED) is 0.340. The molecule has 4 rings (SSSR count). The minimum atomic E-state index is -4.28. The minimum Gasteiger partial charge on any atom is -0.462 e. The van der Waals surface area contributed by atoms with Gasteiger partial charge in [0, 0.05) is 6.54 Å². The second-order valence-electron chi connectivity index (χ2n) is 8.04. The molecule has 1 aliphatic rings. The Labute approximate surface area is 208 Å². The third kappa shape index (κ3) is 5.05. The summed E-state index contributed by atoms with van der Waals surface area (Å²) >= 11 is 0. The van der Waals surface area contributed by atoms with E-state index in [9.17, 15) is 27.2 Å². The highest BCUT2D eigenvalue weighted by atomic mass is 32.2. The van der Waals surface area contributed by atoms with Gasteiger partial charge < -0.3 is 4.74 Å². The van der Waals surface area contributed by atoms with Crippen LogP contribution < -0.4 is 4.90 Å². The average Bonchev–Trinajstić information content (AvgIpc) is 3.16. The average molecular weight is 511 g/mol. The lowest BCUT2D eigenvalue weighted by Crippen LogP contribution is -2.45. The van der Waals surface area contributed by atoms with Gasteiger partial charge in [-0.2, -0.15) is 4.31 Å². The van der Waals surface area contributed by atoms with Crippen molar-refractivity contribution in [3.63, 3.8) is 0 Å². The predicted molar refractivity (Wildman–Crippen MR) is 129 cm³/mol. The number of amides is 2. The van der Waals surface area contributed by atoms with Crippen molar-refractivity contribution in [1.82, 2.24) is 4.31 Å². The molecular weight excluding hydrogens is 487 g/mol. The molecule has 36 heavy (non-hydrogen) atoms. The standard InChI is InChI=1S/C26H23FN2O6S/c1-2-35-26(32)19-8-12-21(13-9-19)29-24(30)16-23(25(29)31)28(17-18-6-4-3-5-7-18)36(33,34)22-14-10-20(27)11-15-22/h3-15,23H,2,16-17H2,1H3. The molecule has 0 bridgehead atoms.